The first-order chi connectivity index (χ1) is 7.19. The van der Waals surface area contributed by atoms with Gasteiger partial charge in [0.1, 0.15) is 0 Å². The number of carbonyl (C=O) groups excluding carboxylic acids is 1. The number of guanidine groups is 1. The number of esters is 1. The van der Waals surface area contributed by atoms with E-state index < -0.39 is 0 Å². The average Bonchev–Trinajstić information content (AvgIpc) is 2.28. The third kappa shape index (κ3) is 3.11. The zero-order chi connectivity index (χ0) is 11.3. The van der Waals surface area contributed by atoms with E-state index >= 15 is 0 Å². The molecule has 0 aromatic rings. The van der Waals surface area contributed by atoms with Gasteiger partial charge < -0.3 is 15.4 Å². The first-order valence-electron chi connectivity index (χ1n) is 5.31. The van der Waals surface area contributed by atoms with Crippen LogP contribution in [-0.4, -0.2) is 43.6 Å². The number of hydrogen-bond acceptors (Lipinski definition) is 3. The zero-order valence-corrected chi connectivity index (χ0v) is 9.40. The predicted octanol–water partition coefficient (Wildman–Crippen LogP) is 0.206. The Morgan fingerprint density at radius 3 is 2.60 bits per heavy atom. The number of rotatable bonds is 2. The van der Waals surface area contributed by atoms with E-state index in [9.17, 15) is 4.79 Å². The third-order valence-corrected chi connectivity index (χ3v) is 2.67. The van der Waals surface area contributed by atoms with Gasteiger partial charge in [0.25, 0.3) is 0 Å². The molecule has 0 spiro atoms. The summed E-state index contributed by atoms with van der Waals surface area (Å²) in [4.78, 5) is 17.4. The number of aliphatic imine (C=N–C) groups is 1. The molecule has 15 heavy (non-hydrogen) atoms. The second-order valence-electron chi connectivity index (χ2n) is 3.62. The fourth-order valence-corrected chi connectivity index (χ4v) is 1.77. The largest absolute Gasteiger partial charge is 0.469 e. The summed E-state index contributed by atoms with van der Waals surface area (Å²) in [6.45, 7) is 4.22. The van der Waals surface area contributed by atoms with Crippen molar-refractivity contribution in [1.82, 2.24) is 4.90 Å². The number of ether oxygens (including phenoxy) is 1. The second-order valence-corrected chi connectivity index (χ2v) is 3.62. The van der Waals surface area contributed by atoms with Gasteiger partial charge in [0.15, 0.2) is 5.96 Å². The molecule has 0 bridgehead atoms. The number of nitrogens with two attached hydrogens (primary N) is 1. The molecule has 1 rings (SSSR count). The predicted molar refractivity (Wildman–Crippen MR) is 58.5 cm³/mol. The first-order valence-corrected chi connectivity index (χ1v) is 5.31. The van der Waals surface area contributed by atoms with Crippen molar-refractivity contribution in [3.8, 4) is 0 Å². The Balaban J connectivity index is 2.42. The molecule has 1 aliphatic rings. The highest BCUT2D eigenvalue weighted by atomic mass is 16.5. The fourth-order valence-electron chi connectivity index (χ4n) is 1.77. The summed E-state index contributed by atoms with van der Waals surface area (Å²) in [7, 11) is 1.43. The molecule has 0 atom stereocenters. The van der Waals surface area contributed by atoms with Crippen molar-refractivity contribution < 1.29 is 9.53 Å². The molecule has 5 heteroatoms. The lowest BCUT2D eigenvalue weighted by atomic mass is 9.97. The Bertz CT molecular complexity index is 245. The van der Waals surface area contributed by atoms with E-state index in [0.717, 1.165) is 25.9 Å². The Kier molecular flexibility index (Phi) is 4.39. The lowest BCUT2D eigenvalue weighted by molar-refractivity contribution is -0.146. The molecule has 1 heterocycles. The van der Waals surface area contributed by atoms with Gasteiger partial charge in [-0.25, -0.2) is 0 Å². The number of carbonyl (C=O) groups is 1. The molecule has 1 saturated heterocycles. The second kappa shape index (κ2) is 5.58. The van der Waals surface area contributed by atoms with Crippen molar-refractivity contribution in [2.75, 3.05) is 26.7 Å². The van der Waals surface area contributed by atoms with Crippen molar-refractivity contribution in [2.24, 2.45) is 16.6 Å². The Labute approximate surface area is 90.3 Å². The summed E-state index contributed by atoms with van der Waals surface area (Å²) in [6.07, 6.45) is 1.60. The first kappa shape index (κ1) is 11.8. The minimum absolute atomic E-state index is 0.0284. The van der Waals surface area contributed by atoms with Gasteiger partial charge in [-0.3, -0.25) is 9.79 Å². The van der Waals surface area contributed by atoms with Gasteiger partial charge >= 0.3 is 5.97 Å². The van der Waals surface area contributed by atoms with Crippen LogP contribution in [-0.2, 0) is 9.53 Å². The summed E-state index contributed by atoms with van der Waals surface area (Å²) in [6, 6.07) is 0. The Morgan fingerprint density at radius 2 is 2.13 bits per heavy atom. The van der Waals surface area contributed by atoms with Crippen LogP contribution < -0.4 is 5.73 Å². The van der Waals surface area contributed by atoms with Crippen LogP contribution in [0.2, 0.25) is 0 Å². The van der Waals surface area contributed by atoms with Gasteiger partial charge in [-0.15, -0.1) is 0 Å². The van der Waals surface area contributed by atoms with E-state index in [2.05, 4.69) is 4.99 Å². The number of likely N-dealkylation sites (tertiary alicyclic amines) is 1. The summed E-state index contributed by atoms with van der Waals surface area (Å²) in [5.41, 5.74) is 5.77. The minimum atomic E-state index is -0.111. The van der Waals surface area contributed by atoms with Crippen molar-refractivity contribution in [3.05, 3.63) is 0 Å². The van der Waals surface area contributed by atoms with E-state index in [-0.39, 0.29) is 11.9 Å². The lowest BCUT2D eigenvalue weighted by Crippen LogP contribution is -2.44. The molecule has 0 amide bonds. The molecule has 2 N–H and O–H groups in total. The summed E-state index contributed by atoms with van der Waals surface area (Å²) < 4.78 is 4.71. The molecule has 0 aromatic carbocycles. The van der Waals surface area contributed by atoms with Crippen LogP contribution in [0.4, 0.5) is 0 Å². The molecule has 0 aromatic heterocycles. The van der Waals surface area contributed by atoms with Gasteiger partial charge in [-0.1, -0.05) is 0 Å². The number of hydrogen-bond donors (Lipinski definition) is 1. The number of piperidine rings is 1. The van der Waals surface area contributed by atoms with Gasteiger partial charge in [-0.2, -0.15) is 0 Å². The molecule has 1 aliphatic heterocycles. The summed E-state index contributed by atoms with van der Waals surface area (Å²) >= 11 is 0. The van der Waals surface area contributed by atoms with Gasteiger partial charge in [0.05, 0.1) is 13.0 Å². The molecule has 0 radical (unpaired) electrons. The fraction of sp³-hybridized carbons (Fsp3) is 0.800. The van der Waals surface area contributed by atoms with Crippen molar-refractivity contribution in [3.63, 3.8) is 0 Å². The minimum Gasteiger partial charge on any atom is -0.469 e. The monoisotopic (exact) mass is 213 g/mol. The van der Waals surface area contributed by atoms with Crippen LogP contribution in [0, 0.1) is 5.92 Å². The Hall–Kier alpha value is -1.26. The Morgan fingerprint density at radius 1 is 1.53 bits per heavy atom. The standard InChI is InChI=1S/C10H19N3O2/c1-3-12-10(11)13-6-4-8(5-7-13)9(14)15-2/h8H,3-7H2,1-2H3,(H2,11,12). The highest BCUT2D eigenvalue weighted by Crippen LogP contribution is 2.17. The topological polar surface area (TPSA) is 67.9 Å². The molecule has 86 valence electrons. The number of methoxy groups -OCH3 is 1. The van der Waals surface area contributed by atoms with Gasteiger partial charge in [0.2, 0.25) is 0 Å². The van der Waals surface area contributed by atoms with E-state index in [1.54, 1.807) is 0 Å². The van der Waals surface area contributed by atoms with Crippen LogP contribution in [0.25, 0.3) is 0 Å². The van der Waals surface area contributed by atoms with Crippen molar-refractivity contribution in [1.29, 1.82) is 0 Å². The van der Waals surface area contributed by atoms with Gasteiger partial charge in [-0.05, 0) is 19.8 Å². The van der Waals surface area contributed by atoms with Crippen LogP contribution in [0.15, 0.2) is 4.99 Å². The average molecular weight is 213 g/mol. The maximum atomic E-state index is 11.3. The molecule has 1 fully saturated rings. The molecule has 0 aliphatic carbocycles. The van der Waals surface area contributed by atoms with Crippen LogP contribution in [0.5, 0.6) is 0 Å². The molecular formula is C10H19N3O2. The summed E-state index contributed by atoms with van der Waals surface area (Å²) in [5.74, 6) is 0.502. The van der Waals surface area contributed by atoms with Gasteiger partial charge in [0, 0.05) is 19.6 Å². The van der Waals surface area contributed by atoms with E-state index in [1.807, 2.05) is 11.8 Å². The highest BCUT2D eigenvalue weighted by molar-refractivity contribution is 5.78. The highest BCUT2D eigenvalue weighted by Gasteiger charge is 2.26. The SMILES string of the molecule is CCN=C(N)N1CCC(C(=O)OC)CC1. The maximum Gasteiger partial charge on any atom is 0.308 e. The van der Waals surface area contributed by atoms with Crippen LogP contribution in [0.3, 0.4) is 0 Å². The smallest absolute Gasteiger partial charge is 0.308 e. The maximum absolute atomic E-state index is 11.3. The third-order valence-electron chi connectivity index (χ3n) is 2.67. The lowest BCUT2D eigenvalue weighted by Gasteiger charge is -2.31. The number of nitrogens with zero attached hydrogens (tertiary/aromatic N) is 2. The quantitative estimate of drug-likeness (QED) is 0.404. The van der Waals surface area contributed by atoms with E-state index in [1.165, 1.54) is 7.11 Å². The zero-order valence-electron chi connectivity index (χ0n) is 9.40. The molecule has 0 unspecified atom stereocenters. The van der Waals surface area contributed by atoms with E-state index in [0.29, 0.717) is 12.5 Å². The van der Waals surface area contributed by atoms with Crippen molar-refractivity contribution in [2.45, 2.75) is 19.8 Å². The van der Waals surface area contributed by atoms with E-state index in [4.69, 9.17) is 10.5 Å². The molecular weight excluding hydrogens is 194 g/mol. The summed E-state index contributed by atoms with van der Waals surface area (Å²) in [5, 5.41) is 0. The van der Waals surface area contributed by atoms with Crippen LogP contribution >= 0.6 is 0 Å². The molecule has 5 nitrogen and oxygen atoms in total. The van der Waals surface area contributed by atoms with Crippen molar-refractivity contribution >= 4 is 11.9 Å². The molecule has 0 saturated carbocycles. The normalized spacial score (nSPS) is 19.1. The van der Waals surface area contributed by atoms with Crippen LogP contribution in [0.1, 0.15) is 19.8 Å².